The van der Waals surface area contributed by atoms with Crippen LogP contribution in [0.1, 0.15) is 33.6 Å². The Labute approximate surface area is 92.0 Å². The number of aliphatic hydroxyl groups excluding tert-OH is 1. The number of rotatable bonds is 2. The van der Waals surface area contributed by atoms with E-state index >= 15 is 0 Å². The smallest absolute Gasteiger partial charge is 0.293 e. The number of piperidine rings is 1. The zero-order valence-electron chi connectivity index (χ0n) is 9.95. The van der Waals surface area contributed by atoms with Crippen LogP contribution in [-0.4, -0.2) is 36.9 Å². The molecule has 1 heterocycles. The Balaban J connectivity index is 0.000000265. The van der Waals surface area contributed by atoms with Crippen LogP contribution in [0.2, 0.25) is 0 Å². The minimum absolute atomic E-state index is 0.318. The van der Waals surface area contributed by atoms with Crippen LogP contribution in [0.5, 0.6) is 0 Å². The lowest BCUT2D eigenvalue weighted by molar-refractivity contribution is -0.138. The molecule has 1 fully saturated rings. The second-order valence-electron chi connectivity index (χ2n) is 4.72. The van der Waals surface area contributed by atoms with E-state index in [4.69, 9.17) is 5.11 Å². The van der Waals surface area contributed by atoms with Gasteiger partial charge >= 0.3 is 0 Å². The van der Waals surface area contributed by atoms with E-state index in [2.05, 4.69) is 10.1 Å². The van der Waals surface area contributed by atoms with Crippen molar-refractivity contribution < 1.29 is 14.6 Å². The molecule has 0 bridgehead atoms. The van der Waals surface area contributed by atoms with E-state index in [0.717, 1.165) is 13.1 Å². The summed E-state index contributed by atoms with van der Waals surface area (Å²) in [5, 5.41) is 11.9. The van der Waals surface area contributed by atoms with Gasteiger partial charge in [0.25, 0.3) is 6.47 Å². The molecule has 0 aliphatic carbocycles. The maximum Gasteiger partial charge on any atom is 0.293 e. The van der Waals surface area contributed by atoms with Crippen molar-refractivity contribution in [3.05, 3.63) is 0 Å². The van der Waals surface area contributed by atoms with Crippen LogP contribution in [0.4, 0.5) is 0 Å². The molecule has 0 aromatic rings. The lowest BCUT2D eigenvalue weighted by atomic mass is 10.0. The minimum Gasteiger partial charge on any atom is -0.462 e. The van der Waals surface area contributed by atoms with Crippen molar-refractivity contribution in [3.8, 4) is 0 Å². The fourth-order valence-corrected chi connectivity index (χ4v) is 1.22. The molecule has 0 radical (unpaired) electrons. The Hall–Kier alpha value is -0.610. The van der Waals surface area contributed by atoms with E-state index in [1.807, 2.05) is 20.8 Å². The van der Waals surface area contributed by atoms with Crippen molar-refractivity contribution in [1.82, 2.24) is 5.32 Å². The van der Waals surface area contributed by atoms with E-state index in [0.29, 0.717) is 19.0 Å². The molecule has 15 heavy (non-hydrogen) atoms. The number of nitrogens with one attached hydrogen (secondary N) is 1. The maximum atomic E-state index is 9.60. The number of aliphatic hydroxyl groups is 1. The van der Waals surface area contributed by atoms with Gasteiger partial charge in [-0.25, -0.2) is 0 Å². The molecular weight excluding hydrogens is 194 g/mol. The summed E-state index contributed by atoms with van der Waals surface area (Å²) in [5.74, 6) is 0.531. The lowest BCUT2D eigenvalue weighted by Crippen LogP contribution is -2.31. The molecule has 1 saturated heterocycles. The van der Waals surface area contributed by atoms with Gasteiger partial charge in [-0.05, 0) is 46.1 Å². The summed E-state index contributed by atoms with van der Waals surface area (Å²) >= 11 is 0. The largest absolute Gasteiger partial charge is 0.462 e. The van der Waals surface area contributed by atoms with Gasteiger partial charge in [0.05, 0.1) is 0 Å². The van der Waals surface area contributed by atoms with E-state index < -0.39 is 0 Å². The van der Waals surface area contributed by atoms with Crippen molar-refractivity contribution in [2.24, 2.45) is 5.92 Å². The molecule has 0 saturated carbocycles. The van der Waals surface area contributed by atoms with Crippen LogP contribution in [0.3, 0.4) is 0 Å². The highest BCUT2D eigenvalue weighted by Crippen LogP contribution is 2.07. The number of carbonyl (C=O) groups is 1. The highest BCUT2D eigenvalue weighted by atomic mass is 16.5. The molecule has 0 aromatic heterocycles. The molecule has 0 spiro atoms. The first-order valence-corrected chi connectivity index (χ1v) is 5.42. The third-order valence-corrected chi connectivity index (χ3v) is 2.06. The van der Waals surface area contributed by atoms with E-state index in [1.54, 1.807) is 0 Å². The number of ether oxygens (including phenoxy) is 1. The quantitative estimate of drug-likeness (QED) is 0.676. The predicted molar refractivity (Wildman–Crippen MR) is 59.6 cm³/mol. The van der Waals surface area contributed by atoms with Crippen molar-refractivity contribution in [2.75, 3.05) is 19.7 Å². The third kappa shape index (κ3) is 9.69. The Morgan fingerprint density at radius 3 is 2.40 bits per heavy atom. The number of hydrogen-bond acceptors (Lipinski definition) is 4. The second-order valence-corrected chi connectivity index (χ2v) is 4.72. The number of carbonyl (C=O) groups excluding carboxylic acids is 1. The van der Waals surface area contributed by atoms with Crippen LogP contribution in [0.15, 0.2) is 0 Å². The average Bonchev–Trinajstić information content (AvgIpc) is 2.18. The molecule has 1 rings (SSSR count). The van der Waals surface area contributed by atoms with Gasteiger partial charge in [0, 0.05) is 13.2 Å². The Kier molecular flexibility index (Phi) is 7.34. The van der Waals surface area contributed by atoms with Gasteiger partial charge in [-0.15, -0.1) is 0 Å². The molecule has 90 valence electrons. The fourth-order valence-electron chi connectivity index (χ4n) is 1.22. The SMILES string of the molecule is CC(C)(C)OC=O.OC[C@H]1CCCNC1. The molecule has 2 N–H and O–H groups in total. The normalized spacial score (nSPS) is 21.2. The van der Waals surface area contributed by atoms with Crippen LogP contribution < -0.4 is 5.32 Å². The highest BCUT2D eigenvalue weighted by Gasteiger charge is 2.10. The number of hydrogen-bond donors (Lipinski definition) is 2. The molecule has 0 unspecified atom stereocenters. The second kappa shape index (κ2) is 7.65. The summed E-state index contributed by atoms with van der Waals surface area (Å²) in [5.41, 5.74) is -0.318. The van der Waals surface area contributed by atoms with E-state index in [9.17, 15) is 4.79 Å². The first kappa shape index (κ1) is 14.4. The third-order valence-electron chi connectivity index (χ3n) is 2.06. The highest BCUT2D eigenvalue weighted by molar-refractivity contribution is 5.37. The maximum absolute atomic E-state index is 9.60. The summed E-state index contributed by atoms with van der Waals surface area (Å²) in [7, 11) is 0. The van der Waals surface area contributed by atoms with Crippen LogP contribution >= 0.6 is 0 Å². The topological polar surface area (TPSA) is 58.6 Å². The standard InChI is InChI=1S/C6H13NO.C5H10O2/c8-5-6-2-1-3-7-4-6;1-5(2,3)7-4-6/h6-8H,1-5H2;4H,1-3H3/t6-;/m0./s1. The summed E-state index contributed by atoms with van der Waals surface area (Å²) in [6.45, 7) is 8.42. The first-order valence-electron chi connectivity index (χ1n) is 5.42. The minimum atomic E-state index is -0.318. The van der Waals surface area contributed by atoms with Gasteiger partial charge in [-0.2, -0.15) is 0 Å². The molecule has 1 aliphatic rings. The van der Waals surface area contributed by atoms with Gasteiger partial charge in [0.2, 0.25) is 0 Å². The van der Waals surface area contributed by atoms with Gasteiger partial charge in [0.15, 0.2) is 0 Å². The zero-order valence-corrected chi connectivity index (χ0v) is 9.95. The van der Waals surface area contributed by atoms with Crippen LogP contribution in [0.25, 0.3) is 0 Å². The lowest BCUT2D eigenvalue weighted by Gasteiger charge is -2.19. The van der Waals surface area contributed by atoms with Crippen molar-refractivity contribution in [2.45, 2.75) is 39.2 Å². The Morgan fingerprint density at radius 1 is 1.53 bits per heavy atom. The Bertz CT molecular complexity index is 160. The van der Waals surface area contributed by atoms with Gasteiger partial charge < -0.3 is 15.2 Å². The molecule has 1 atom stereocenters. The fraction of sp³-hybridized carbons (Fsp3) is 0.909. The Morgan fingerprint density at radius 2 is 2.20 bits per heavy atom. The van der Waals surface area contributed by atoms with Crippen LogP contribution in [-0.2, 0) is 9.53 Å². The monoisotopic (exact) mass is 217 g/mol. The molecular formula is C11H23NO3. The molecule has 1 aliphatic heterocycles. The summed E-state index contributed by atoms with van der Waals surface area (Å²) in [6, 6.07) is 0. The van der Waals surface area contributed by atoms with Crippen molar-refractivity contribution in [3.63, 3.8) is 0 Å². The van der Waals surface area contributed by atoms with Gasteiger partial charge in [0.1, 0.15) is 5.60 Å². The predicted octanol–water partition coefficient (Wildman–Crippen LogP) is 0.936. The summed E-state index contributed by atoms with van der Waals surface area (Å²) in [4.78, 5) is 9.60. The first-order chi connectivity index (χ1) is 6.99. The van der Waals surface area contributed by atoms with Crippen molar-refractivity contribution in [1.29, 1.82) is 0 Å². The zero-order chi connectivity index (χ0) is 11.7. The van der Waals surface area contributed by atoms with Crippen LogP contribution in [0, 0.1) is 5.92 Å². The molecule has 0 aromatic carbocycles. The van der Waals surface area contributed by atoms with E-state index in [-0.39, 0.29) is 5.60 Å². The van der Waals surface area contributed by atoms with Crippen molar-refractivity contribution >= 4 is 6.47 Å². The van der Waals surface area contributed by atoms with E-state index in [1.165, 1.54) is 12.8 Å². The molecule has 4 nitrogen and oxygen atoms in total. The summed E-state index contributed by atoms with van der Waals surface area (Å²) in [6.07, 6.45) is 2.43. The molecule has 0 amide bonds. The average molecular weight is 217 g/mol. The summed E-state index contributed by atoms with van der Waals surface area (Å²) < 4.78 is 4.55. The molecule has 4 heteroatoms. The van der Waals surface area contributed by atoms with Gasteiger partial charge in [-0.3, -0.25) is 4.79 Å². The van der Waals surface area contributed by atoms with Gasteiger partial charge in [-0.1, -0.05) is 0 Å².